The van der Waals surface area contributed by atoms with E-state index < -0.39 is 11.9 Å². The smallest absolute Gasteiger partial charge is 0.274 e. The Hall–Kier alpha value is -2.80. The highest BCUT2D eigenvalue weighted by atomic mass is 19.1. The number of pyridine rings is 2. The summed E-state index contributed by atoms with van der Waals surface area (Å²) in [6, 6.07) is 8.95. The van der Waals surface area contributed by atoms with Crippen molar-refractivity contribution in [2.24, 2.45) is 5.92 Å². The SMILES string of the molecule is Cc1cccc2nc(C(=O)N[C@@H]3COC[C@H]3Cc3ccncc3)c(F)n12. The third-order valence-electron chi connectivity index (χ3n) is 4.76. The van der Waals surface area contributed by atoms with Gasteiger partial charge in [-0.05, 0) is 43.2 Å². The molecule has 1 aliphatic heterocycles. The van der Waals surface area contributed by atoms with Gasteiger partial charge < -0.3 is 10.1 Å². The summed E-state index contributed by atoms with van der Waals surface area (Å²) in [7, 11) is 0. The number of nitrogens with one attached hydrogen (secondary N) is 1. The van der Waals surface area contributed by atoms with Gasteiger partial charge in [-0.2, -0.15) is 4.39 Å². The van der Waals surface area contributed by atoms with Crippen molar-refractivity contribution >= 4 is 11.6 Å². The topological polar surface area (TPSA) is 68.5 Å². The van der Waals surface area contributed by atoms with Gasteiger partial charge in [0.25, 0.3) is 5.91 Å². The first-order valence-electron chi connectivity index (χ1n) is 8.54. The highest BCUT2D eigenvalue weighted by Gasteiger charge is 2.31. The Labute approximate surface area is 150 Å². The summed E-state index contributed by atoms with van der Waals surface area (Å²) in [5.41, 5.74) is 2.05. The van der Waals surface area contributed by atoms with E-state index in [0.717, 1.165) is 12.0 Å². The molecule has 3 aromatic rings. The van der Waals surface area contributed by atoms with Crippen LogP contribution in [-0.2, 0) is 11.2 Å². The second kappa shape index (κ2) is 6.84. The molecule has 1 aliphatic rings. The van der Waals surface area contributed by atoms with E-state index in [1.807, 2.05) is 12.1 Å². The van der Waals surface area contributed by atoms with Crippen molar-refractivity contribution in [3.05, 3.63) is 65.6 Å². The van der Waals surface area contributed by atoms with Crippen LogP contribution < -0.4 is 5.32 Å². The van der Waals surface area contributed by atoms with Gasteiger partial charge in [-0.15, -0.1) is 0 Å². The van der Waals surface area contributed by atoms with E-state index in [0.29, 0.717) is 24.6 Å². The lowest BCUT2D eigenvalue weighted by Gasteiger charge is -2.18. The molecule has 1 saturated heterocycles. The monoisotopic (exact) mass is 354 g/mol. The second-order valence-electron chi connectivity index (χ2n) is 6.55. The van der Waals surface area contributed by atoms with Gasteiger partial charge in [0.05, 0.1) is 19.3 Å². The molecule has 1 N–H and O–H groups in total. The zero-order valence-electron chi connectivity index (χ0n) is 14.4. The Morgan fingerprint density at radius 1 is 1.31 bits per heavy atom. The highest BCUT2D eigenvalue weighted by molar-refractivity contribution is 5.93. The average molecular weight is 354 g/mol. The Morgan fingerprint density at radius 2 is 2.12 bits per heavy atom. The Bertz CT molecular complexity index is 941. The van der Waals surface area contributed by atoms with E-state index in [1.165, 1.54) is 4.40 Å². The van der Waals surface area contributed by atoms with E-state index in [9.17, 15) is 9.18 Å². The van der Waals surface area contributed by atoms with Crippen molar-refractivity contribution in [2.45, 2.75) is 19.4 Å². The normalized spacial score (nSPS) is 19.8. The maximum absolute atomic E-state index is 14.7. The molecule has 26 heavy (non-hydrogen) atoms. The molecule has 0 aliphatic carbocycles. The Morgan fingerprint density at radius 3 is 2.88 bits per heavy atom. The minimum Gasteiger partial charge on any atom is -0.379 e. The van der Waals surface area contributed by atoms with Gasteiger partial charge in [0.2, 0.25) is 5.95 Å². The van der Waals surface area contributed by atoms with E-state index >= 15 is 0 Å². The number of amides is 1. The molecule has 4 rings (SSSR count). The van der Waals surface area contributed by atoms with Crippen LogP contribution in [0.2, 0.25) is 0 Å². The molecule has 6 nitrogen and oxygen atoms in total. The van der Waals surface area contributed by atoms with Crippen LogP contribution in [0.5, 0.6) is 0 Å². The summed E-state index contributed by atoms with van der Waals surface area (Å²) in [5, 5.41) is 2.89. The van der Waals surface area contributed by atoms with Gasteiger partial charge in [0.1, 0.15) is 5.65 Å². The average Bonchev–Trinajstić information content (AvgIpc) is 3.21. The molecular formula is C19H19FN4O2. The number of aromatic nitrogens is 3. The Kier molecular flexibility index (Phi) is 4.38. The third-order valence-corrected chi connectivity index (χ3v) is 4.76. The lowest BCUT2D eigenvalue weighted by Crippen LogP contribution is -2.41. The van der Waals surface area contributed by atoms with Crippen LogP contribution >= 0.6 is 0 Å². The molecule has 0 aromatic carbocycles. The lowest BCUT2D eigenvalue weighted by atomic mass is 9.95. The first-order valence-corrected chi connectivity index (χ1v) is 8.54. The van der Waals surface area contributed by atoms with Gasteiger partial charge in [0.15, 0.2) is 5.69 Å². The van der Waals surface area contributed by atoms with Gasteiger partial charge in [-0.25, -0.2) is 4.98 Å². The molecular weight excluding hydrogens is 335 g/mol. The molecule has 0 spiro atoms. The predicted octanol–water partition coefficient (Wildman–Crippen LogP) is 2.16. The summed E-state index contributed by atoms with van der Waals surface area (Å²) in [6.07, 6.45) is 4.25. The first-order chi connectivity index (χ1) is 12.6. The zero-order chi connectivity index (χ0) is 18.1. The van der Waals surface area contributed by atoms with E-state index in [2.05, 4.69) is 15.3 Å². The quantitative estimate of drug-likeness (QED) is 0.780. The van der Waals surface area contributed by atoms with Gasteiger partial charge >= 0.3 is 0 Å². The van der Waals surface area contributed by atoms with Crippen LogP contribution in [0.4, 0.5) is 4.39 Å². The summed E-state index contributed by atoms with van der Waals surface area (Å²) in [5.74, 6) is -1.02. The molecule has 2 atom stereocenters. The molecule has 1 amide bonds. The summed E-state index contributed by atoms with van der Waals surface area (Å²) in [6.45, 7) is 2.74. The largest absolute Gasteiger partial charge is 0.379 e. The number of imidazole rings is 1. The minimum absolute atomic E-state index is 0.128. The number of nitrogens with zero attached hydrogens (tertiary/aromatic N) is 3. The molecule has 3 aromatic heterocycles. The van der Waals surface area contributed by atoms with Crippen LogP contribution in [0.1, 0.15) is 21.7 Å². The van der Waals surface area contributed by atoms with Gasteiger partial charge in [-0.3, -0.25) is 14.2 Å². The van der Waals surface area contributed by atoms with Crippen LogP contribution in [0.15, 0.2) is 42.7 Å². The number of rotatable bonds is 4. The summed E-state index contributed by atoms with van der Waals surface area (Å²) < 4.78 is 21.5. The number of hydrogen-bond acceptors (Lipinski definition) is 4. The highest BCUT2D eigenvalue weighted by Crippen LogP contribution is 2.20. The minimum atomic E-state index is -0.639. The third kappa shape index (κ3) is 3.06. The van der Waals surface area contributed by atoms with Crippen molar-refractivity contribution in [1.82, 2.24) is 19.7 Å². The molecule has 0 unspecified atom stereocenters. The fourth-order valence-corrected chi connectivity index (χ4v) is 3.37. The van der Waals surface area contributed by atoms with Crippen LogP contribution in [0.25, 0.3) is 5.65 Å². The van der Waals surface area contributed by atoms with Crippen molar-refractivity contribution in [3.8, 4) is 0 Å². The summed E-state index contributed by atoms with van der Waals surface area (Å²) in [4.78, 5) is 20.8. The van der Waals surface area contributed by atoms with Crippen molar-refractivity contribution in [1.29, 1.82) is 0 Å². The molecule has 1 fully saturated rings. The molecule has 4 heterocycles. The van der Waals surface area contributed by atoms with Crippen molar-refractivity contribution in [3.63, 3.8) is 0 Å². The molecule has 134 valence electrons. The standard InChI is InChI=1S/C19H19FN4O2/c1-12-3-2-4-16-23-17(18(20)24(12)16)19(25)22-15-11-26-10-14(15)9-13-5-7-21-8-6-13/h2-8,14-15H,9-11H2,1H3,(H,22,25)/t14-,15-/m1/s1. The van der Waals surface area contributed by atoms with Crippen LogP contribution in [0, 0.1) is 18.8 Å². The molecule has 7 heteroatoms. The zero-order valence-corrected chi connectivity index (χ0v) is 14.4. The predicted molar refractivity (Wildman–Crippen MR) is 93.4 cm³/mol. The van der Waals surface area contributed by atoms with E-state index in [1.54, 1.807) is 37.5 Å². The second-order valence-corrected chi connectivity index (χ2v) is 6.55. The van der Waals surface area contributed by atoms with Crippen LogP contribution in [-0.4, -0.2) is 39.5 Å². The number of carbonyl (C=O) groups excluding carboxylic acids is 1. The lowest BCUT2D eigenvalue weighted by molar-refractivity contribution is 0.0916. The van der Waals surface area contributed by atoms with Crippen molar-refractivity contribution < 1.29 is 13.9 Å². The number of carbonyl (C=O) groups is 1. The number of hydrogen-bond donors (Lipinski definition) is 1. The molecule has 0 bridgehead atoms. The van der Waals surface area contributed by atoms with Crippen molar-refractivity contribution in [2.75, 3.05) is 13.2 Å². The van der Waals surface area contributed by atoms with Gasteiger partial charge in [-0.1, -0.05) is 6.07 Å². The first kappa shape index (κ1) is 16.7. The molecule has 0 radical (unpaired) electrons. The fraction of sp³-hybridized carbons (Fsp3) is 0.316. The fourth-order valence-electron chi connectivity index (χ4n) is 3.37. The molecule has 0 saturated carbocycles. The maximum atomic E-state index is 14.7. The van der Waals surface area contributed by atoms with Gasteiger partial charge in [0, 0.05) is 24.0 Å². The Balaban J connectivity index is 1.52. The maximum Gasteiger partial charge on any atom is 0.274 e. The summed E-state index contributed by atoms with van der Waals surface area (Å²) >= 11 is 0. The number of halogens is 1. The number of aryl methyl sites for hydroxylation is 1. The van der Waals surface area contributed by atoms with E-state index in [-0.39, 0.29) is 17.7 Å². The van der Waals surface area contributed by atoms with Crippen LogP contribution in [0.3, 0.4) is 0 Å². The number of ether oxygens (including phenoxy) is 1. The number of fused-ring (bicyclic) bond motifs is 1. The van der Waals surface area contributed by atoms with E-state index in [4.69, 9.17) is 4.74 Å².